The van der Waals surface area contributed by atoms with Gasteiger partial charge in [-0.05, 0) is 49.1 Å². The van der Waals surface area contributed by atoms with Gasteiger partial charge in [0.1, 0.15) is 5.82 Å². The zero-order valence-corrected chi connectivity index (χ0v) is 15.5. The first-order chi connectivity index (χ1) is 13.1. The number of nitrogens with one attached hydrogen (secondary N) is 1. The summed E-state index contributed by atoms with van der Waals surface area (Å²) in [5.41, 5.74) is 3.53. The fourth-order valence-corrected chi connectivity index (χ4v) is 3.95. The Morgan fingerprint density at radius 3 is 2.70 bits per heavy atom. The van der Waals surface area contributed by atoms with E-state index in [9.17, 15) is 9.18 Å². The first-order valence-electron chi connectivity index (χ1n) is 9.49. The molecule has 0 radical (unpaired) electrons. The largest absolute Gasteiger partial charge is 0.370 e. The van der Waals surface area contributed by atoms with E-state index in [1.165, 1.54) is 18.6 Å². The molecular formula is C22H24FN3O. The quantitative estimate of drug-likeness (QED) is 0.740. The van der Waals surface area contributed by atoms with Crippen LogP contribution in [0.3, 0.4) is 0 Å². The van der Waals surface area contributed by atoms with Crippen LogP contribution in [0.15, 0.2) is 48.7 Å². The monoisotopic (exact) mass is 365 g/mol. The minimum absolute atomic E-state index is 0.129. The third-order valence-corrected chi connectivity index (χ3v) is 5.26. The van der Waals surface area contributed by atoms with Crippen LogP contribution in [0.5, 0.6) is 0 Å². The Morgan fingerprint density at radius 2 is 1.89 bits per heavy atom. The summed E-state index contributed by atoms with van der Waals surface area (Å²) >= 11 is 0. The maximum atomic E-state index is 13.8. The number of rotatable bonds is 4. The second-order valence-electron chi connectivity index (χ2n) is 7.22. The first kappa shape index (κ1) is 17.6. The van der Waals surface area contributed by atoms with Gasteiger partial charge in [0.05, 0.1) is 17.8 Å². The Balaban J connectivity index is 1.56. The van der Waals surface area contributed by atoms with Gasteiger partial charge in [0.15, 0.2) is 0 Å². The maximum absolute atomic E-state index is 13.8. The van der Waals surface area contributed by atoms with E-state index in [2.05, 4.69) is 10.2 Å². The smallest absolute Gasteiger partial charge is 0.228 e. The van der Waals surface area contributed by atoms with Gasteiger partial charge >= 0.3 is 0 Å². The van der Waals surface area contributed by atoms with Crippen LogP contribution in [-0.4, -0.2) is 23.6 Å². The van der Waals surface area contributed by atoms with E-state index < -0.39 is 0 Å². The summed E-state index contributed by atoms with van der Waals surface area (Å²) in [5, 5.41) is 4.02. The van der Waals surface area contributed by atoms with Crippen molar-refractivity contribution < 1.29 is 9.18 Å². The molecule has 27 heavy (non-hydrogen) atoms. The number of benzene rings is 2. The van der Waals surface area contributed by atoms with Crippen molar-refractivity contribution in [3.8, 4) is 0 Å². The van der Waals surface area contributed by atoms with Crippen LogP contribution in [0.4, 0.5) is 15.8 Å². The lowest BCUT2D eigenvalue weighted by atomic mass is 10.1. The third-order valence-electron chi connectivity index (χ3n) is 5.26. The van der Waals surface area contributed by atoms with Gasteiger partial charge in [-0.15, -0.1) is 0 Å². The number of fused-ring (bicyclic) bond motifs is 1. The molecule has 4 nitrogen and oxygen atoms in total. The van der Waals surface area contributed by atoms with Crippen molar-refractivity contribution >= 4 is 28.2 Å². The molecule has 0 aliphatic carbocycles. The lowest BCUT2D eigenvalue weighted by molar-refractivity contribution is -0.115. The summed E-state index contributed by atoms with van der Waals surface area (Å²) in [5.74, 6) is -0.466. The number of hydrogen-bond donors (Lipinski definition) is 1. The van der Waals surface area contributed by atoms with Gasteiger partial charge in [-0.1, -0.05) is 18.2 Å². The molecular weight excluding hydrogens is 341 g/mol. The van der Waals surface area contributed by atoms with Crippen molar-refractivity contribution in [1.82, 2.24) is 4.57 Å². The topological polar surface area (TPSA) is 37.3 Å². The zero-order chi connectivity index (χ0) is 18.8. The number of hydrogen-bond acceptors (Lipinski definition) is 2. The average molecular weight is 365 g/mol. The lowest BCUT2D eigenvalue weighted by Crippen LogP contribution is -2.30. The van der Waals surface area contributed by atoms with Crippen LogP contribution < -0.4 is 10.2 Å². The van der Waals surface area contributed by atoms with Crippen LogP contribution in [0, 0.1) is 5.82 Å². The van der Waals surface area contributed by atoms with Crippen LogP contribution in [0.25, 0.3) is 10.9 Å². The van der Waals surface area contributed by atoms with Gasteiger partial charge in [0.2, 0.25) is 5.91 Å². The first-order valence-corrected chi connectivity index (χ1v) is 9.49. The Bertz CT molecular complexity index is 973. The van der Waals surface area contributed by atoms with E-state index in [0.29, 0.717) is 5.69 Å². The second-order valence-corrected chi connectivity index (χ2v) is 7.22. The number of piperidine rings is 1. The molecule has 1 N–H and O–H groups in total. The minimum atomic E-state index is -0.337. The molecule has 0 spiro atoms. The lowest BCUT2D eigenvalue weighted by Gasteiger charge is -2.30. The summed E-state index contributed by atoms with van der Waals surface area (Å²) in [6, 6.07) is 12.7. The highest BCUT2D eigenvalue weighted by atomic mass is 19.1. The number of aromatic nitrogens is 1. The van der Waals surface area contributed by atoms with Crippen molar-refractivity contribution in [1.29, 1.82) is 0 Å². The van der Waals surface area contributed by atoms with Crippen molar-refractivity contribution in [2.75, 3.05) is 23.3 Å². The van der Waals surface area contributed by atoms with E-state index in [1.54, 1.807) is 6.07 Å². The molecule has 1 aromatic heterocycles. The predicted octanol–water partition coefficient (Wildman–Crippen LogP) is 4.49. The molecule has 1 amide bonds. The minimum Gasteiger partial charge on any atom is -0.370 e. The predicted molar refractivity (Wildman–Crippen MR) is 108 cm³/mol. The van der Waals surface area contributed by atoms with Crippen molar-refractivity contribution in [3.63, 3.8) is 0 Å². The maximum Gasteiger partial charge on any atom is 0.228 e. The van der Waals surface area contributed by atoms with Crippen molar-refractivity contribution in [2.45, 2.75) is 25.7 Å². The van der Waals surface area contributed by atoms with Gasteiger partial charge < -0.3 is 14.8 Å². The molecule has 0 atom stereocenters. The number of halogens is 1. The van der Waals surface area contributed by atoms with Crippen LogP contribution >= 0.6 is 0 Å². The van der Waals surface area contributed by atoms with Gasteiger partial charge in [0, 0.05) is 37.2 Å². The van der Waals surface area contributed by atoms with E-state index in [-0.39, 0.29) is 18.1 Å². The summed E-state index contributed by atoms with van der Waals surface area (Å²) in [7, 11) is 1.98. The number of carbonyl (C=O) groups is 1. The van der Waals surface area contributed by atoms with Crippen LogP contribution in [0.1, 0.15) is 24.8 Å². The van der Waals surface area contributed by atoms with E-state index in [4.69, 9.17) is 0 Å². The van der Waals surface area contributed by atoms with Gasteiger partial charge in [0.25, 0.3) is 0 Å². The van der Waals surface area contributed by atoms with E-state index >= 15 is 0 Å². The molecule has 1 aliphatic rings. The Morgan fingerprint density at radius 1 is 1.11 bits per heavy atom. The van der Waals surface area contributed by atoms with Gasteiger partial charge in [-0.2, -0.15) is 0 Å². The summed E-state index contributed by atoms with van der Waals surface area (Å²) in [6.45, 7) is 1.88. The Labute approximate surface area is 158 Å². The van der Waals surface area contributed by atoms with Crippen LogP contribution in [0.2, 0.25) is 0 Å². The number of anilines is 2. The SMILES string of the molecule is Cn1cc(CC(=O)Nc2cc(F)ccc2N2CCCCC2)c2ccccc21. The molecule has 0 saturated carbocycles. The molecule has 0 bridgehead atoms. The van der Waals surface area contributed by atoms with E-state index in [0.717, 1.165) is 48.1 Å². The summed E-state index contributed by atoms with van der Waals surface area (Å²) < 4.78 is 15.9. The number of amides is 1. The fraction of sp³-hybridized carbons (Fsp3) is 0.318. The van der Waals surface area contributed by atoms with Gasteiger partial charge in [-0.3, -0.25) is 4.79 Å². The normalized spacial score (nSPS) is 14.5. The zero-order valence-electron chi connectivity index (χ0n) is 15.5. The van der Waals surface area contributed by atoms with Gasteiger partial charge in [-0.25, -0.2) is 4.39 Å². The Kier molecular flexibility index (Phi) is 4.84. The third kappa shape index (κ3) is 3.68. The molecule has 2 heterocycles. The van der Waals surface area contributed by atoms with Crippen molar-refractivity contribution in [3.05, 3.63) is 60.0 Å². The number of carbonyl (C=O) groups excluding carboxylic acids is 1. The second kappa shape index (κ2) is 7.43. The van der Waals surface area contributed by atoms with Crippen LogP contribution in [-0.2, 0) is 18.3 Å². The molecule has 3 aromatic rings. The molecule has 0 unspecified atom stereocenters. The molecule has 140 valence electrons. The molecule has 2 aromatic carbocycles. The Hall–Kier alpha value is -2.82. The molecule has 4 rings (SSSR count). The fourth-order valence-electron chi connectivity index (χ4n) is 3.95. The summed E-state index contributed by atoms with van der Waals surface area (Å²) in [6.07, 6.45) is 5.72. The highest BCUT2D eigenvalue weighted by Crippen LogP contribution is 2.30. The molecule has 1 saturated heterocycles. The highest BCUT2D eigenvalue weighted by Gasteiger charge is 2.17. The average Bonchev–Trinajstić information content (AvgIpc) is 2.98. The number of aryl methyl sites for hydroxylation is 1. The highest BCUT2D eigenvalue weighted by molar-refractivity contribution is 5.98. The molecule has 1 fully saturated rings. The number of para-hydroxylation sites is 1. The standard InChI is InChI=1S/C22H24FN3O/c1-25-15-16(18-7-3-4-8-20(18)25)13-22(27)24-19-14-17(23)9-10-21(19)26-11-5-2-6-12-26/h3-4,7-10,14-15H,2,5-6,11-13H2,1H3,(H,24,27). The summed E-state index contributed by atoms with van der Waals surface area (Å²) in [4.78, 5) is 15.0. The number of nitrogens with zero attached hydrogens (tertiary/aromatic N) is 2. The molecule has 1 aliphatic heterocycles. The molecule has 5 heteroatoms. The van der Waals surface area contributed by atoms with Crippen molar-refractivity contribution in [2.24, 2.45) is 7.05 Å². The van der Waals surface area contributed by atoms with E-state index in [1.807, 2.05) is 42.1 Å².